The molecule has 16 heavy (non-hydrogen) atoms. The van der Waals surface area contributed by atoms with Crippen molar-refractivity contribution in [2.75, 3.05) is 0 Å². The minimum atomic E-state index is -0.817. The van der Waals surface area contributed by atoms with Crippen LogP contribution in [0.5, 0.6) is 0 Å². The van der Waals surface area contributed by atoms with Crippen LogP contribution in [-0.4, -0.2) is 36.0 Å². The van der Waals surface area contributed by atoms with Gasteiger partial charge in [-0.25, -0.2) is 4.68 Å². The van der Waals surface area contributed by atoms with Gasteiger partial charge in [0, 0.05) is 0 Å². The third kappa shape index (κ3) is 2.34. The maximum Gasteiger partial charge on any atom is 0.319 e. The molecule has 88 valence electrons. The van der Waals surface area contributed by atoms with Crippen LogP contribution in [0, 0.1) is 0 Å². The van der Waals surface area contributed by atoms with Crippen LogP contribution in [0.15, 0.2) is 0 Å². The van der Waals surface area contributed by atoms with E-state index in [4.69, 9.17) is 5.11 Å². The summed E-state index contributed by atoms with van der Waals surface area (Å²) < 4.78 is 1.01. The Balaban J connectivity index is 1.99. The van der Waals surface area contributed by atoms with Crippen molar-refractivity contribution >= 4 is 17.7 Å². The van der Waals surface area contributed by atoms with E-state index in [-0.39, 0.29) is 0 Å². The molecule has 6 nitrogen and oxygen atoms in total. The lowest BCUT2D eigenvalue weighted by atomic mass is 10.2. The lowest BCUT2D eigenvalue weighted by Gasteiger charge is -2.17. The predicted octanol–water partition coefficient (Wildman–Crippen LogP) is 1.10. The average Bonchev–Trinajstić information content (AvgIpc) is 2.95. The molecule has 1 aromatic rings. The molecule has 0 radical (unpaired) electrons. The summed E-state index contributed by atoms with van der Waals surface area (Å²) in [6.07, 6.45) is 2.23. The molecule has 0 spiro atoms. The zero-order valence-electron chi connectivity index (χ0n) is 9.25. The van der Waals surface area contributed by atoms with E-state index in [1.807, 2.05) is 4.68 Å². The fraction of sp³-hybridized carbons (Fsp3) is 0.778. The summed E-state index contributed by atoms with van der Waals surface area (Å²) in [5, 5.41) is 20.5. The second-order valence-corrected chi connectivity index (χ2v) is 5.97. The first-order valence-electron chi connectivity index (χ1n) is 5.15. The lowest BCUT2D eigenvalue weighted by molar-refractivity contribution is -0.138. The highest BCUT2D eigenvalue weighted by molar-refractivity contribution is 8.00. The number of carbonyl (C=O) groups is 1. The molecule has 1 aliphatic carbocycles. The van der Waals surface area contributed by atoms with Crippen molar-refractivity contribution in [3.63, 3.8) is 0 Å². The summed E-state index contributed by atoms with van der Waals surface area (Å²) in [6.45, 7) is 3.37. The van der Waals surface area contributed by atoms with E-state index in [9.17, 15) is 4.79 Å². The Morgan fingerprint density at radius 2 is 2.31 bits per heavy atom. The summed E-state index contributed by atoms with van der Waals surface area (Å²) in [5.41, 5.74) is 0. The molecule has 0 atom stereocenters. The monoisotopic (exact) mass is 242 g/mol. The molecular formula is C9H14N4O2S. The quantitative estimate of drug-likeness (QED) is 0.832. The molecule has 1 N–H and O–H groups in total. The molecule has 0 amide bonds. The Morgan fingerprint density at radius 1 is 1.62 bits per heavy atom. The van der Waals surface area contributed by atoms with Crippen molar-refractivity contribution < 1.29 is 9.90 Å². The normalized spacial score (nSPS) is 16.4. The molecule has 0 saturated heterocycles. The average molecular weight is 242 g/mol. The van der Waals surface area contributed by atoms with Gasteiger partial charge < -0.3 is 5.11 Å². The van der Waals surface area contributed by atoms with Crippen molar-refractivity contribution in [3.8, 4) is 0 Å². The molecule has 1 aromatic heterocycles. The maximum atomic E-state index is 10.9. The van der Waals surface area contributed by atoms with Crippen molar-refractivity contribution in [1.82, 2.24) is 20.2 Å². The first kappa shape index (κ1) is 11.4. The minimum Gasteiger partial charge on any atom is -0.480 e. The first-order valence-corrected chi connectivity index (χ1v) is 6.13. The second-order valence-electron chi connectivity index (χ2n) is 4.37. The van der Waals surface area contributed by atoms with E-state index >= 15 is 0 Å². The van der Waals surface area contributed by atoms with Gasteiger partial charge in [0.2, 0.25) is 0 Å². The fourth-order valence-corrected chi connectivity index (χ4v) is 2.02. The smallest absolute Gasteiger partial charge is 0.319 e. The molecule has 1 fully saturated rings. The molecule has 2 rings (SSSR count). The number of thioether (sulfide) groups is 1. The molecular weight excluding hydrogens is 228 g/mol. The van der Waals surface area contributed by atoms with Crippen molar-refractivity contribution in [1.29, 1.82) is 0 Å². The van der Waals surface area contributed by atoms with E-state index in [2.05, 4.69) is 15.5 Å². The predicted molar refractivity (Wildman–Crippen MR) is 59.1 cm³/mol. The zero-order valence-corrected chi connectivity index (χ0v) is 10.1. The SMILES string of the molecule is CC(C)(SCc1nnnn1C1CC1)C(=O)O. The van der Waals surface area contributed by atoms with Gasteiger partial charge in [-0.15, -0.1) is 16.9 Å². The van der Waals surface area contributed by atoms with E-state index < -0.39 is 10.7 Å². The number of aromatic nitrogens is 4. The lowest BCUT2D eigenvalue weighted by Crippen LogP contribution is -2.27. The van der Waals surface area contributed by atoms with E-state index in [0.29, 0.717) is 11.8 Å². The molecule has 0 aromatic carbocycles. The van der Waals surface area contributed by atoms with Crippen LogP contribution in [0.1, 0.15) is 38.6 Å². The van der Waals surface area contributed by atoms with E-state index in [1.165, 1.54) is 11.8 Å². The second kappa shape index (κ2) is 4.04. The molecule has 1 saturated carbocycles. The Hall–Kier alpha value is -1.11. The van der Waals surface area contributed by atoms with Gasteiger partial charge in [0.05, 0.1) is 11.8 Å². The van der Waals surface area contributed by atoms with Gasteiger partial charge in [-0.05, 0) is 37.1 Å². The third-order valence-electron chi connectivity index (χ3n) is 2.53. The molecule has 0 unspecified atom stereocenters. The van der Waals surface area contributed by atoms with Gasteiger partial charge in [0.25, 0.3) is 0 Å². The number of aliphatic carboxylic acids is 1. The standard InChI is InChI=1S/C9H14N4O2S/c1-9(2,8(14)15)16-5-7-10-11-12-13(7)6-3-4-6/h6H,3-5H2,1-2H3,(H,14,15). The first-order chi connectivity index (χ1) is 7.50. The Kier molecular flexibility index (Phi) is 2.88. The summed E-state index contributed by atoms with van der Waals surface area (Å²) in [6, 6.07) is 0.429. The number of carboxylic acids is 1. The fourth-order valence-electron chi connectivity index (χ4n) is 1.22. The van der Waals surface area contributed by atoms with E-state index in [0.717, 1.165) is 18.7 Å². The van der Waals surface area contributed by atoms with Crippen molar-refractivity contribution in [3.05, 3.63) is 5.82 Å². The van der Waals surface area contributed by atoms with Gasteiger partial charge in [0.1, 0.15) is 4.75 Å². The van der Waals surface area contributed by atoms with Gasteiger partial charge in [-0.2, -0.15) is 0 Å². The summed E-state index contributed by atoms with van der Waals surface area (Å²) in [4.78, 5) is 10.9. The van der Waals surface area contributed by atoms with Crippen LogP contribution >= 0.6 is 11.8 Å². The Labute approximate surface area is 97.4 Å². The van der Waals surface area contributed by atoms with Crippen LogP contribution in [0.3, 0.4) is 0 Å². The molecule has 0 aliphatic heterocycles. The van der Waals surface area contributed by atoms with Crippen LogP contribution in [0.2, 0.25) is 0 Å². The molecule has 7 heteroatoms. The summed E-state index contributed by atoms with van der Waals surface area (Å²) in [7, 11) is 0. The van der Waals surface area contributed by atoms with Gasteiger partial charge in [-0.1, -0.05) is 0 Å². The summed E-state index contributed by atoms with van der Waals surface area (Å²) >= 11 is 1.34. The Morgan fingerprint density at radius 3 is 2.88 bits per heavy atom. The largest absolute Gasteiger partial charge is 0.480 e. The van der Waals surface area contributed by atoms with Gasteiger partial charge in [0.15, 0.2) is 5.82 Å². The van der Waals surface area contributed by atoms with Crippen LogP contribution in [0.25, 0.3) is 0 Å². The van der Waals surface area contributed by atoms with Gasteiger partial charge in [-0.3, -0.25) is 4.79 Å². The number of tetrazole rings is 1. The van der Waals surface area contributed by atoms with Crippen LogP contribution in [0.4, 0.5) is 0 Å². The number of hydrogen-bond acceptors (Lipinski definition) is 5. The number of carboxylic acid groups (broad SMARTS) is 1. The highest BCUT2D eigenvalue weighted by Gasteiger charge is 2.31. The van der Waals surface area contributed by atoms with E-state index in [1.54, 1.807) is 13.8 Å². The topological polar surface area (TPSA) is 80.9 Å². The minimum absolute atomic E-state index is 0.429. The van der Waals surface area contributed by atoms with Crippen LogP contribution in [-0.2, 0) is 10.5 Å². The number of nitrogens with zero attached hydrogens (tertiary/aromatic N) is 4. The highest BCUT2D eigenvalue weighted by atomic mass is 32.2. The Bertz CT molecular complexity index is 400. The van der Waals surface area contributed by atoms with Crippen molar-refractivity contribution in [2.24, 2.45) is 0 Å². The van der Waals surface area contributed by atoms with Crippen molar-refractivity contribution in [2.45, 2.75) is 43.2 Å². The zero-order chi connectivity index (χ0) is 11.8. The van der Waals surface area contributed by atoms with Crippen LogP contribution < -0.4 is 0 Å². The molecule has 0 bridgehead atoms. The number of hydrogen-bond donors (Lipinski definition) is 1. The third-order valence-corrected chi connectivity index (χ3v) is 3.83. The molecule has 1 heterocycles. The molecule has 1 aliphatic rings. The maximum absolute atomic E-state index is 10.9. The van der Waals surface area contributed by atoms with Gasteiger partial charge >= 0.3 is 5.97 Å². The summed E-state index contributed by atoms with van der Waals surface area (Å²) in [5.74, 6) is 0.479. The highest BCUT2D eigenvalue weighted by Crippen LogP contribution is 2.36. The number of rotatable bonds is 5.